The van der Waals surface area contributed by atoms with Crippen LogP contribution in [0.15, 0.2) is 18.5 Å². The third-order valence-corrected chi connectivity index (χ3v) is 4.04. The molecule has 3 aromatic rings. The molecule has 0 aliphatic heterocycles. The van der Waals surface area contributed by atoms with Crippen molar-refractivity contribution in [3.63, 3.8) is 0 Å². The van der Waals surface area contributed by atoms with Crippen LogP contribution in [0.5, 0.6) is 0 Å². The lowest BCUT2D eigenvalue weighted by atomic mass is 9.87. The molecule has 1 aliphatic rings. The summed E-state index contributed by atoms with van der Waals surface area (Å²) in [5.41, 5.74) is 2.86. The van der Waals surface area contributed by atoms with Crippen LogP contribution in [0.25, 0.3) is 17.0 Å². The lowest BCUT2D eigenvalue weighted by molar-refractivity contribution is 0.430. The van der Waals surface area contributed by atoms with Gasteiger partial charge in [-0.25, -0.2) is 9.50 Å². The molecule has 1 aliphatic carbocycles. The van der Waals surface area contributed by atoms with Crippen LogP contribution in [-0.4, -0.2) is 35.2 Å². The summed E-state index contributed by atoms with van der Waals surface area (Å²) in [6, 6.07) is 2.08. The van der Waals surface area contributed by atoms with Gasteiger partial charge in [0.1, 0.15) is 0 Å². The van der Waals surface area contributed by atoms with E-state index in [4.69, 9.17) is 0 Å². The highest BCUT2D eigenvalue weighted by atomic mass is 15.5. The van der Waals surface area contributed by atoms with Gasteiger partial charge in [-0.05, 0) is 24.1 Å². The molecule has 3 aromatic heterocycles. The van der Waals surface area contributed by atoms with Crippen LogP contribution in [0, 0.1) is 0 Å². The first-order chi connectivity index (χ1) is 9.93. The second kappa shape index (κ2) is 4.66. The van der Waals surface area contributed by atoms with E-state index in [0.717, 1.165) is 11.2 Å². The molecule has 0 saturated heterocycles. The minimum absolute atomic E-state index is 0.535. The molecule has 4 rings (SSSR count). The quantitative estimate of drug-likeness (QED) is 0.768. The third kappa shape index (κ3) is 1.77. The number of aromatic nitrogens is 7. The van der Waals surface area contributed by atoms with Crippen molar-refractivity contribution in [2.75, 3.05) is 0 Å². The lowest BCUT2D eigenvalue weighted by Gasteiger charge is -2.22. The molecule has 3 heterocycles. The molecular weight excluding hydrogens is 254 g/mol. The van der Waals surface area contributed by atoms with Crippen molar-refractivity contribution in [3.8, 4) is 11.4 Å². The second-order valence-corrected chi connectivity index (χ2v) is 5.23. The second-order valence-electron chi connectivity index (χ2n) is 5.23. The fourth-order valence-electron chi connectivity index (χ4n) is 3.05. The molecule has 7 heteroatoms. The Labute approximate surface area is 115 Å². The van der Waals surface area contributed by atoms with Crippen LogP contribution >= 0.6 is 0 Å². The molecule has 0 radical (unpaired) electrons. The van der Waals surface area contributed by atoms with Gasteiger partial charge < -0.3 is 0 Å². The Kier molecular flexibility index (Phi) is 2.68. The van der Waals surface area contributed by atoms with Gasteiger partial charge in [0.15, 0.2) is 5.65 Å². The Balaban J connectivity index is 1.83. The highest BCUT2D eigenvalue weighted by molar-refractivity contribution is 5.71. The number of rotatable bonds is 2. The summed E-state index contributed by atoms with van der Waals surface area (Å²) in [6.07, 6.45) is 10.0. The molecule has 1 fully saturated rings. The number of hydrogen-bond donors (Lipinski definition) is 1. The predicted molar refractivity (Wildman–Crippen MR) is 72.0 cm³/mol. The van der Waals surface area contributed by atoms with Gasteiger partial charge in [0.25, 0.3) is 0 Å². The fourth-order valence-corrected chi connectivity index (χ4v) is 3.05. The van der Waals surface area contributed by atoms with E-state index in [1.807, 2.05) is 10.7 Å². The van der Waals surface area contributed by atoms with E-state index in [1.165, 1.54) is 37.8 Å². The van der Waals surface area contributed by atoms with Crippen molar-refractivity contribution in [3.05, 3.63) is 24.2 Å². The molecule has 0 unspecified atom stereocenters. The van der Waals surface area contributed by atoms with Crippen LogP contribution in [0.4, 0.5) is 0 Å². The normalized spacial score (nSPS) is 16.8. The summed E-state index contributed by atoms with van der Waals surface area (Å²) >= 11 is 0. The van der Waals surface area contributed by atoms with Crippen LogP contribution in [0.3, 0.4) is 0 Å². The van der Waals surface area contributed by atoms with Crippen molar-refractivity contribution in [1.29, 1.82) is 0 Å². The number of nitrogens with one attached hydrogen (secondary N) is 1. The minimum atomic E-state index is 0.535. The number of nitrogens with zero attached hydrogens (tertiary/aromatic N) is 6. The van der Waals surface area contributed by atoms with Gasteiger partial charge in [-0.15, -0.1) is 10.2 Å². The zero-order valence-electron chi connectivity index (χ0n) is 11.0. The Hall–Kier alpha value is -2.31. The molecule has 102 valence electrons. The Morgan fingerprint density at radius 2 is 2.10 bits per heavy atom. The van der Waals surface area contributed by atoms with Crippen molar-refractivity contribution in [2.24, 2.45) is 0 Å². The summed E-state index contributed by atoms with van der Waals surface area (Å²) < 4.78 is 1.93. The molecule has 0 spiro atoms. The third-order valence-electron chi connectivity index (χ3n) is 4.04. The Bertz CT molecular complexity index is 709. The molecule has 20 heavy (non-hydrogen) atoms. The number of H-pyrrole nitrogens is 1. The minimum Gasteiger partial charge on any atom is -0.236 e. The molecule has 7 nitrogen and oxygen atoms in total. The van der Waals surface area contributed by atoms with Gasteiger partial charge in [-0.3, -0.25) is 0 Å². The number of tetrazole rings is 1. The van der Waals surface area contributed by atoms with Crippen LogP contribution in [0.1, 0.15) is 43.7 Å². The van der Waals surface area contributed by atoms with Gasteiger partial charge in [0.2, 0.25) is 5.82 Å². The van der Waals surface area contributed by atoms with E-state index < -0.39 is 0 Å². The van der Waals surface area contributed by atoms with Crippen molar-refractivity contribution < 1.29 is 0 Å². The maximum atomic E-state index is 4.48. The van der Waals surface area contributed by atoms with Gasteiger partial charge >= 0.3 is 0 Å². The largest absolute Gasteiger partial charge is 0.236 e. The van der Waals surface area contributed by atoms with E-state index in [0.29, 0.717) is 11.7 Å². The van der Waals surface area contributed by atoms with Gasteiger partial charge in [0, 0.05) is 17.8 Å². The average molecular weight is 269 g/mol. The molecule has 0 aromatic carbocycles. The van der Waals surface area contributed by atoms with Crippen LogP contribution in [0.2, 0.25) is 0 Å². The van der Waals surface area contributed by atoms with Gasteiger partial charge in [0.05, 0.1) is 11.8 Å². The maximum absolute atomic E-state index is 4.48. The summed E-state index contributed by atoms with van der Waals surface area (Å²) in [6.45, 7) is 0. The Morgan fingerprint density at radius 3 is 2.90 bits per heavy atom. The summed E-state index contributed by atoms with van der Waals surface area (Å²) in [5, 5.41) is 18.6. The van der Waals surface area contributed by atoms with Crippen molar-refractivity contribution in [1.82, 2.24) is 35.2 Å². The SMILES string of the molecule is c1cc(C2CCCCC2)n2ncc(-c3nn[nH]n3)c2n1. The molecule has 1 N–H and O–H groups in total. The van der Waals surface area contributed by atoms with Crippen LogP contribution in [-0.2, 0) is 0 Å². The van der Waals surface area contributed by atoms with Crippen molar-refractivity contribution >= 4 is 5.65 Å². The van der Waals surface area contributed by atoms with Gasteiger partial charge in [-0.1, -0.05) is 19.3 Å². The monoisotopic (exact) mass is 269 g/mol. The molecular formula is C13H15N7. The van der Waals surface area contributed by atoms with E-state index in [1.54, 1.807) is 6.20 Å². The summed E-state index contributed by atoms with van der Waals surface area (Å²) in [5.74, 6) is 1.11. The van der Waals surface area contributed by atoms with E-state index in [2.05, 4.69) is 36.8 Å². The molecule has 1 saturated carbocycles. The first kappa shape index (κ1) is 11.5. The first-order valence-corrected chi connectivity index (χ1v) is 7.00. The predicted octanol–water partition coefficient (Wildman–Crippen LogP) is 1.96. The highest BCUT2D eigenvalue weighted by Crippen LogP contribution is 2.33. The summed E-state index contributed by atoms with van der Waals surface area (Å²) in [4.78, 5) is 4.43. The Morgan fingerprint density at radius 1 is 1.20 bits per heavy atom. The average Bonchev–Trinajstić information content (AvgIpc) is 3.16. The molecule has 0 bridgehead atoms. The number of fused-ring (bicyclic) bond motifs is 1. The van der Waals surface area contributed by atoms with Crippen molar-refractivity contribution in [2.45, 2.75) is 38.0 Å². The van der Waals surface area contributed by atoms with E-state index in [9.17, 15) is 0 Å². The van der Waals surface area contributed by atoms with E-state index >= 15 is 0 Å². The molecule has 0 amide bonds. The zero-order chi connectivity index (χ0) is 13.4. The first-order valence-electron chi connectivity index (χ1n) is 7.00. The topological polar surface area (TPSA) is 84.6 Å². The maximum Gasteiger partial charge on any atom is 0.210 e. The van der Waals surface area contributed by atoms with Crippen LogP contribution < -0.4 is 0 Å². The molecule has 0 atom stereocenters. The standard InChI is InChI=1S/C13H15N7/c1-2-4-9(5-3-1)11-6-7-14-13-10(8-15-20(11)13)12-16-18-19-17-12/h6-9H,1-5H2,(H,16,17,18,19). The summed E-state index contributed by atoms with van der Waals surface area (Å²) in [7, 11) is 0. The zero-order valence-corrected chi connectivity index (χ0v) is 11.0. The number of hydrogen-bond acceptors (Lipinski definition) is 5. The number of aromatic amines is 1. The lowest BCUT2D eigenvalue weighted by Crippen LogP contribution is -2.10. The van der Waals surface area contributed by atoms with E-state index in [-0.39, 0.29) is 0 Å². The fraction of sp³-hybridized carbons (Fsp3) is 0.462. The highest BCUT2D eigenvalue weighted by Gasteiger charge is 2.20. The smallest absolute Gasteiger partial charge is 0.210 e. The van der Waals surface area contributed by atoms with Gasteiger partial charge in [-0.2, -0.15) is 10.3 Å².